The molecule has 0 aromatic carbocycles. The molecule has 19 heavy (non-hydrogen) atoms. The van der Waals surface area contributed by atoms with E-state index in [0.717, 1.165) is 39.3 Å². The van der Waals surface area contributed by atoms with Gasteiger partial charge in [-0.25, -0.2) is 4.68 Å². The average molecular weight is 268 g/mol. The molecule has 1 aromatic heterocycles. The van der Waals surface area contributed by atoms with Crippen LogP contribution in [0.25, 0.3) is 0 Å². The van der Waals surface area contributed by atoms with E-state index in [1.54, 1.807) is 7.05 Å². The monoisotopic (exact) mass is 268 g/mol. The highest BCUT2D eigenvalue weighted by Gasteiger charge is 2.11. The van der Waals surface area contributed by atoms with Crippen molar-refractivity contribution in [2.45, 2.75) is 12.8 Å². The van der Waals surface area contributed by atoms with E-state index in [-0.39, 0.29) is 12.3 Å². The van der Waals surface area contributed by atoms with Crippen molar-refractivity contribution in [1.29, 1.82) is 0 Å². The number of carbonyl (C=O) groups is 1. The zero-order chi connectivity index (χ0) is 13.5. The molecule has 8 heteroatoms. The number of amides is 1. The van der Waals surface area contributed by atoms with Gasteiger partial charge in [-0.2, -0.15) is 0 Å². The van der Waals surface area contributed by atoms with Gasteiger partial charge in [0, 0.05) is 26.7 Å². The second kappa shape index (κ2) is 7.15. The lowest BCUT2D eigenvalue weighted by Gasteiger charge is -2.26. The molecule has 0 atom stereocenters. The van der Waals surface area contributed by atoms with Gasteiger partial charge in [0.15, 0.2) is 5.82 Å². The lowest BCUT2D eigenvalue weighted by molar-refractivity contribution is -0.120. The smallest absolute Gasteiger partial charge is 0.227 e. The molecule has 2 rings (SSSR count). The summed E-state index contributed by atoms with van der Waals surface area (Å²) in [5.74, 6) is 0.533. The minimum atomic E-state index is -0.0418. The third-order valence-corrected chi connectivity index (χ3v) is 3.10. The number of nitrogens with zero attached hydrogens (tertiary/aromatic N) is 5. The summed E-state index contributed by atoms with van der Waals surface area (Å²) >= 11 is 0. The van der Waals surface area contributed by atoms with E-state index >= 15 is 0 Å². The normalized spacial score (nSPS) is 16.5. The van der Waals surface area contributed by atoms with Crippen LogP contribution in [0.1, 0.15) is 12.2 Å². The van der Waals surface area contributed by atoms with Crippen LogP contribution in [0.15, 0.2) is 0 Å². The Hall–Kier alpha value is -1.54. The molecular weight excluding hydrogens is 248 g/mol. The van der Waals surface area contributed by atoms with Crippen molar-refractivity contribution in [2.24, 2.45) is 7.05 Å². The number of nitrogens with one attached hydrogen (secondary N) is 1. The summed E-state index contributed by atoms with van der Waals surface area (Å²) in [6, 6.07) is 0. The molecule has 2 heterocycles. The number of hydrogen-bond donors (Lipinski definition) is 1. The Kier molecular flexibility index (Phi) is 5.22. The Morgan fingerprint density at radius 3 is 2.89 bits per heavy atom. The molecule has 0 unspecified atom stereocenters. The highest BCUT2D eigenvalue weighted by molar-refractivity contribution is 5.77. The zero-order valence-corrected chi connectivity index (χ0v) is 11.2. The van der Waals surface area contributed by atoms with Gasteiger partial charge in [0.25, 0.3) is 0 Å². The maximum Gasteiger partial charge on any atom is 0.227 e. The molecular formula is C11H20N6O2. The van der Waals surface area contributed by atoms with Gasteiger partial charge in [-0.15, -0.1) is 5.10 Å². The summed E-state index contributed by atoms with van der Waals surface area (Å²) in [6.45, 7) is 5.27. The molecule has 1 aliphatic heterocycles. The highest BCUT2D eigenvalue weighted by Crippen LogP contribution is 1.97. The summed E-state index contributed by atoms with van der Waals surface area (Å²) < 4.78 is 6.79. The molecule has 1 fully saturated rings. The molecule has 8 nitrogen and oxygen atoms in total. The molecule has 0 aliphatic carbocycles. The molecule has 1 N–H and O–H groups in total. The van der Waals surface area contributed by atoms with Gasteiger partial charge in [0.1, 0.15) is 0 Å². The third-order valence-electron chi connectivity index (χ3n) is 3.10. The Bertz CT molecular complexity index is 402. The topological polar surface area (TPSA) is 85.2 Å². The fourth-order valence-corrected chi connectivity index (χ4v) is 1.96. The maximum absolute atomic E-state index is 11.7. The molecule has 1 amide bonds. The summed E-state index contributed by atoms with van der Waals surface area (Å²) in [4.78, 5) is 14.0. The number of morpholine rings is 1. The van der Waals surface area contributed by atoms with Crippen LogP contribution in [0.4, 0.5) is 0 Å². The fourth-order valence-electron chi connectivity index (χ4n) is 1.96. The molecule has 0 radical (unpaired) electrons. The van der Waals surface area contributed by atoms with Gasteiger partial charge < -0.3 is 10.1 Å². The largest absolute Gasteiger partial charge is 0.379 e. The number of aromatic nitrogens is 4. The Morgan fingerprint density at radius 1 is 1.42 bits per heavy atom. The van der Waals surface area contributed by atoms with E-state index in [1.807, 2.05) is 0 Å². The third kappa shape index (κ3) is 4.56. The summed E-state index contributed by atoms with van der Waals surface area (Å²) in [7, 11) is 1.72. The van der Waals surface area contributed by atoms with E-state index in [4.69, 9.17) is 4.74 Å². The van der Waals surface area contributed by atoms with E-state index < -0.39 is 0 Å². The van der Waals surface area contributed by atoms with Crippen molar-refractivity contribution < 1.29 is 9.53 Å². The zero-order valence-electron chi connectivity index (χ0n) is 11.2. The van der Waals surface area contributed by atoms with E-state index in [0.29, 0.717) is 12.4 Å². The second-order valence-electron chi connectivity index (χ2n) is 4.55. The number of aryl methyl sites for hydroxylation is 1. The van der Waals surface area contributed by atoms with Crippen molar-refractivity contribution in [2.75, 3.05) is 39.4 Å². The summed E-state index contributed by atoms with van der Waals surface area (Å²) in [5, 5.41) is 13.8. The standard InChI is InChI=1S/C11H20N6O2/c1-16-10(13-14-15-16)9-11(18)12-3-2-4-17-5-7-19-8-6-17/h2-9H2,1H3,(H,12,18). The molecule has 106 valence electrons. The number of tetrazole rings is 1. The first kappa shape index (κ1) is 13.9. The lowest BCUT2D eigenvalue weighted by Crippen LogP contribution is -2.38. The SMILES string of the molecule is Cn1nnnc1CC(=O)NCCCN1CCOCC1. The van der Waals surface area contributed by atoms with E-state index in [2.05, 4.69) is 25.7 Å². The highest BCUT2D eigenvalue weighted by atomic mass is 16.5. The number of rotatable bonds is 6. The van der Waals surface area contributed by atoms with Crippen LogP contribution < -0.4 is 5.32 Å². The summed E-state index contributed by atoms with van der Waals surface area (Å²) in [6.07, 6.45) is 1.17. The Balaban J connectivity index is 1.57. The summed E-state index contributed by atoms with van der Waals surface area (Å²) in [5.41, 5.74) is 0. The van der Waals surface area contributed by atoms with Gasteiger partial charge in [0.2, 0.25) is 5.91 Å². The van der Waals surface area contributed by atoms with Crippen LogP contribution in [0, 0.1) is 0 Å². The van der Waals surface area contributed by atoms with Crippen molar-refractivity contribution >= 4 is 5.91 Å². The first-order valence-corrected chi connectivity index (χ1v) is 6.54. The molecule has 0 saturated carbocycles. The average Bonchev–Trinajstić information content (AvgIpc) is 2.82. The van der Waals surface area contributed by atoms with Crippen LogP contribution in [0.3, 0.4) is 0 Å². The minimum absolute atomic E-state index is 0.0418. The minimum Gasteiger partial charge on any atom is -0.379 e. The van der Waals surface area contributed by atoms with Gasteiger partial charge in [-0.3, -0.25) is 9.69 Å². The second-order valence-corrected chi connectivity index (χ2v) is 4.55. The molecule has 0 bridgehead atoms. The van der Waals surface area contributed by atoms with Crippen LogP contribution in [0.2, 0.25) is 0 Å². The van der Waals surface area contributed by atoms with Crippen molar-refractivity contribution in [1.82, 2.24) is 30.4 Å². The lowest BCUT2D eigenvalue weighted by atomic mass is 10.3. The van der Waals surface area contributed by atoms with Crippen LogP contribution in [-0.4, -0.2) is 70.4 Å². The van der Waals surface area contributed by atoms with Crippen molar-refractivity contribution in [3.05, 3.63) is 5.82 Å². The van der Waals surface area contributed by atoms with Gasteiger partial charge in [0.05, 0.1) is 19.6 Å². The predicted octanol–water partition coefficient (Wildman–Crippen LogP) is -1.41. The maximum atomic E-state index is 11.7. The van der Waals surface area contributed by atoms with Crippen molar-refractivity contribution in [3.8, 4) is 0 Å². The number of ether oxygens (including phenoxy) is 1. The van der Waals surface area contributed by atoms with Gasteiger partial charge in [-0.1, -0.05) is 0 Å². The molecule has 1 aromatic rings. The number of hydrogen-bond acceptors (Lipinski definition) is 6. The Morgan fingerprint density at radius 2 is 2.21 bits per heavy atom. The predicted molar refractivity (Wildman–Crippen MR) is 67.4 cm³/mol. The fraction of sp³-hybridized carbons (Fsp3) is 0.818. The molecule has 1 saturated heterocycles. The van der Waals surface area contributed by atoms with E-state index in [9.17, 15) is 4.79 Å². The first-order valence-electron chi connectivity index (χ1n) is 6.54. The molecule has 1 aliphatic rings. The van der Waals surface area contributed by atoms with Crippen molar-refractivity contribution in [3.63, 3.8) is 0 Å². The van der Waals surface area contributed by atoms with E-state index in [1.165, 1.54) is 4.68 Å². The van der Waals surface area contributed by atoms with Crippen LogP contribution in [-0.2, 0) is 23.0 Å². The van der Waals surface area contributed by atoms with Crippen LogP contribution >= 0.6 is 0 Å². The number of carbonyl (C=O) groups excluding carboxylic acids is 1. The van der Waals surface area contributed by atoms with Crippen LogP contribution in [0.5, 0.6) is 0 Å². The van der Waals surface area contributed by atoms with Gasteiger partial charge in [-0.05, 0) is 23.4 Å². The first-order chi connectivity index (χ1) is 9.25. The Labute approximate surface area is 112 Å². The quantitative estimate of drug-likeness (QED) is 0.638. The molecule has 0 spiro atoms. The van der Waals surface area contributed by atoms with Gasteiger partial charge >= 0.3 is 0 Å².